The minimum absolute atomic E-state index is 0.180. The van der Waals surface area contributed by atoms with Gasteiger partial charge in [-0.05, 0) is 25.0 Å². The van der Waals surface area contributed by atoms with Crippen LogP contribution in [0.2, 0.25) is 0 Å². The van der Waals surface area contributed by atoms with Crippen molar-refractivity contribution >= 4 is 11.8 Å². The fraction of sp³-hybridized carbons (Fsp3) is 0.529. The molecule has 1 unspecified atom stereocenters. The lowest BCUT2D eigenvalue weighted by Gasteiger charge is -2.24. The summed E-state index contributed by atoms with van der Waals surface area (Å²) in [6, 6.07) is 8.22. The van der Waals surface area contributed by atoms with Gasteiger partial charge in [-0.25, -0.2) is 0 Å². The number of carbonyl (C=O) groups is 2. The Morgan fingerprint density at radius 2 is 1.92 bits per heavy atom. The van der Waals surface area contributed by atoms with Crippen LogP contribution in [0, 0.1) is 0 Å². The van der Waals surface area contributed by atoms with Crippen LogP contribution < -0.4 is 10.1 Å². The van der Waals surface area contributed by atoms with Crippen molar-refractivity contribution in [2.24, 2.45) is 0 Å². The van der Waals surface area contributed by atoms with Gasteiger partial charge in [0.2, 0.25) is 11.8 Å². The summed E-state index contributed by atoms with van der Waals surface area (Å²) in [5.41, 5.74) is 0. The van der Waals surface area contributed by atoms with Crippen LogP contribution in [-0.4, -0.2) is 61.8 Å². The third kappa shape index (κ3) is 6.55. The molecule has 0 aromatic heterocycles. The summed E-state index contributed by atoms with van der Waals surface area (Å²) in [6.07, 6.45) is -3.58. The minimum Gasteiger partial charge on any atom is -0.491 e. The van der Waals surface area contributed by atoms with Crippen LogP contribution in [0.25, 0.3) is 0 Å². The van der Waals surface area contributed by atoms with Gasteiger partial charge in [-0.2, -0.15) is 13.2 Å². The third-order valence-corrected chi connectivity index (χ3v) is 3.80. The molecular formula is C17H21F3N2O4. The van der Waals surface area contributed by atoms with Gasteiger partial charge in [0.25, 0.3) is 0 Å². The number of benzene rings is 1. The van der Waals surface area contributed by atoms with E-state index < -0.39 is 30.6 Å². The lowest BCUT2D eigenvalue weighted by Crippen LogP contribution is -2.48. The van der Waals surface area contributed by atoms with Crippen molar-refractivity contribution in [3.63, 3.8) is 0 Å². The van der Waals surface area contributed by atoms with Crippen LogP contribution in [0.5, 0.6) is 5.75 Å². The van der Waals surface area contributed by atoms with Crippen LogP contribution >= 0.6 is 0 Å². The van der Waals surface area contributed by atoms with Crippen LogP contribution in [0.1, 0.15) is 12.8 Å². The average molecular weight is 374 g/mol. The van der Waals surface area contributed by atoms with Crippen molar-refractivity contribution in [3.05, 3.63) is 30.3 Å². The maximum absolute atomic E-state index is 12.2. The molecule has 0 saturated carbocycles. The molecule has 2 rings (SSSR count). The Kier molecular flexibility index (Phi) is 7.26. The molecule has 1 N–H and O–H groups in total. The first-order valence-electron chi connectivity index (χ1n) is 8.26. The van der Waals surface area contributed by atoms with Crippen LogP contribution in [-0.2, 0) is 14.3 Å². The SMILES string of the molecule is O=C(NCC(F)(F)F)C1CCCN1C(=O)COCCOc1ccccc1. The highest BCUT2D eigenvalue weighted by Crippen LogP contribution is 2.19. The van der Waals surface area contributed by atoms with Crippen LogP contribution in [0.3, 0.4) is 0 Å². The quantitative estimate of drug-likeness (QED) is 0.704. The number of ether oxygens (including phenoxy) is 2. The largest absolute Gasteiger partial charge is 0.491 e. The van der Waals surface area contributed by atoms with Crippen molar-refractivity contribution in [1.29, 1.82) is 0 Å². The van der Waals surface area contributed by atoms with Gasteiger partial charge >= 0.3 is 6.18 Å². The summed E-state index contributed by atoms with van der Waals surface area (Å²) in [5.74, 6) is -0.529. The van der Waals surface area contributed by atoms with E-state index in [-0.39, 0.29) is 19.8 Å². The highest BCUT2D eigenvalue weighted by molar-refractivity contribution is 5.88. The first kappa shape index (κ1) is 20.0. The standard InChI is InChI=1S/C17H21F3N2O4/c18-17(19,20)12-21-16(24)14-7-4-8-22(14)15(23)11-25-9-10-26-13-5-2-1-3-6-13/h1-3,5-6,14H,4,7-12H2,(H,21,24). The van der Waals surface area contributed by atoms with E-state index in [1.54, 1.807) is 12.1 Å². The Morgan fingerprint density at radius 1 is 1.19 bits per heavy atom. The van der Waals surface area contributed by atoms with Crippen molar-refractivity contribution in [3.8, 4) is 5.75 Å². The number of nitrogens with one attached hydrogen (secondary N) is 1. The molecular weight excluding hydrogens is 353 g/mol. The second-order valence-corrected chi connectivity index (χ2v) is 5.79. The number of likely N-dealkylation sites (tertiary alicyclic amines) is 1. The summed E-state index contributed by atoms with van der Waals surface area (Å²) in [5, 5.41) is 1.83. The number of para-hydroxylation sites is 1. The highest BCUT2D eigenvalue weighted by atomic mass is 19.4. The summed E-state index contributed by atoms with van der Waals surface area (Å²) in [7, 11) is 0. The van der Waals surface area contributed by atoms with Gasteiger partial charge in [0.1, 0.15) is 31.5 Å². The Bertz CT molecular complexity index is 595. The van der Waals surface area contributed by atoms with Crippen LogP contribution in [0.15, 0.2) is 30.3 Å². The number of rotatable bonds is 8. The van der Waals surface area contributed by atoms with E-state index in [1.165, 1.54) is 4.90 Å². The molecule has 2 amide bonds. The van der Waals surface area contributed by atoms with E-state index in [4.69, 9.17) is 9.47 Å². The monoisotopic (exact) mass is 374 g/mol. The second kappa shape index (κ2) is 9.42. The second-order valence-electron chi connectivity index (χ2n) is 5.79. The molecule has 1 aromatic rings. The lowest BCUT2D eigenvalue weighted by molar-refractivity contribution is -0.146. The Morgan fingerprint density at radius 3 is 2.62 bits per heavy atom. The predicted molar refractivity (Wildman–Crippen MR) is 86.6 cm³/mol. The van der Waals surface area contributed by atoms with E-state index in [0.29, 0.717) is 25.1 Å². The molecule has 144 valence electrons. The predicted octanol–water partition coefficient (Wildman–Crippen LogP) is 1.75. The third-order valence-electron chi connectivity index (χ3n) is 3.80. The molecule has 26 heavy (non-hydrogen) atoms. The van der Waals surface area contributed by atoms with Gasteiger partial charge in [0.15, 0.2) is 0 Å². The number of hydrogen-bond acceptors (Lipinski definition) is 4. The number of nitrogens with zero attached hydrogens (tertiary/aromatic N) is 1. The molecule has 0 aliphatic carbocycles. The number of carbonyl (C=O) groups excluding carboxylic acids is 2. The van der Waals surface area contributed by atoms with Gasteiger partial charge in [-0.15, -0.1) is 0 Å². The molecule has 0 bridgehead atoms. The summed E-state index contributed by atoms with van der Waals surface area (Å²) in [6.45, 7) is -0.891. The normalized spacial score (nSPS) is 17.2. The first-order chi connectivity index (χ1) is 12.4. The highest BCUT2D eigenvalue weighted by Gasteiger charge is 2.36. The van der Waals surface area contributed by atoms with Gasteiger partial charge in [-0.1, -0.05) is 18.2 Å². The van der Waals surface area contributed by atoms with E-state index >= 15 is 0 Å². The maximum Gasteiger partial charge on any atom is 0.405 e. The van der Waals surface area contributed by atoms with E-state index in [1.807, 2.05) is 23.5 Å². The molecule has 6 nitrogen and oxygen atoms in total. The van der Waals surface area contributed by atoms with Gasteiger partial charge < -0.3 is 19.7 Å². The molecule has 1 heterocycles. The summed E-state index contributed by atoms with van der Waals surface area (Å²) in [4.78, 5) is 25.3. The van der Waals surface area contributed by atoms with Gasteiger partial charge in [-0.3, -0.25) is 9.59 Å². The van der Waals surface area contributed by atoms with E-state index in [9.17, 15) is 22.8 Å². The summed E-state index contributed by atoms with van der Waals surface area (Å²) < 4.78 is 47.2. The number of halogens is 3. The Balaban J connectivity index is 1.69. The maximum atomic E-state index is 12.2. The molecule has 1 aliphatic heterocycles. The molecule has 0 radical (unpaired) electrons. The number of hydrogen-bond donors (Lipinski definition) is 1. The molecule has 1 atom stereocenters. The zero-order valence-electron chi connectivity index (χ0n) is 14.1. The topological polar surface area (TPSA) is 67.9 Å². The van der Waals surface area contributed by atoms with E-state index in [2.05, 4.69) is 0 Å². The number of alkyl halides is 3. The molecule has 9 heteroatoms. The van der Waals surface area contributed by atoms with Crippen molar-refractivity contribution < 1.29 is 32.2 Å². The average Bonchev–Trinajstić information content (AvgIpc) is 3.09. The van der Waals surface area contributed by atoms with Crippen molar-refractivity contribution in [1.82, 2.24) is 10.2 Å². The zero-order chi connectivity index (χ0) is 19.0. The van der Waals surface area contributed by atoms with Gasteiger partial charge in [0.05, 0.1) is 6.61 Å². The van der Waals surface area contributed by atoms with Crippen molar-refractivity contribution in [2.75, 3.05) is 32.9 Å². The molecule has 1 fully saturated rings. The Hall–Kier alpha value is -2.29. The fourth-order valence-electron chi connectivity index (χ4n) is 2.62. The van der Waals surface area contributed by atoms with Gasteiger partial charge in [0, 0.05) is 6.54 Å². The smallest absolute Gasteiger partial charge is 0.405 e. The zero-order valence-corrected chi connectivity index (χ0v) is 14.1. The number of amides is 2. The van der Waals surface area contributed by atoms with E-state index in [0.717, 1.165) is 0 Å². The molecule has 1 aliphatic rings. The minimum atomic E-state index is -4.48. The Labute approximate surface area is 149 Å². The molecule has 0 spiro atoms. The van der Waals surface area contributed by atoms with Crippen molar-refractivity contribution in [2.45, 2.75) is 25.1 Å². The molecule has 1 saturated heterocycles. The summed E-state index contributed by atoms with van der Waals surface area (Å²) >= 11 is 0. The lowest BCUT2D eigenvalue weighted by atomic mass is 10.2. The van der Waals surface area contributed by atoms with Crippen LogP contribution in [0.4, 0.5) is 13.2 Å². The first-order valence-corrected chi connectivity index (χ1v) is 8.26. The fourth-order valence-corrected chi connectivity index (χ4v) is 2.62. The molecule has 1 aromatic carbocycles.